The summed E-state index contributed by atoms with van der Waals surface area (Å²) in [6.07, 6.45) is 0. The van der Waals surface area contributed by atoms with Crippen molar-refractivity contribution in [1.82, 2.24) is 4.98 Å². The lowest BCUT2D eigenvalue weighted by Crippen LogP contribution is -2.15. The van der Waals surface area contributed by atoms with Gasteiger partial charge in [-0.25, -0.2) is 13.8 Å². The third kappa shape index (κ3) is 2.47. The molecule has 0 saturated carbocycles. The second-order valence-electron chi connectivity index (χ2n) is 4.47. The van der Waals surface area contributed by atoms with E-state index in [0.29, 0.717) is 22.7 Å². The minimum Gasteiger partial charge on any atom is -0.441 e. The zero-order valence-corrected chi connectivity index (χ0v) is 11.0. The van der Waals surface area contributed by atoms with Crippen LogP contribution in [0.1, 0.15) is 16.2 Å². The van der Waals surface area contributed by atoms with Crippen molar-refractivity contribution >= 4 is 22.7 Å². The van der Waals surface area contributed by atoms with Crippen LogP contribution in [0.15, 0.2) is 40.8 Å². The number of aromatic nitrogens is 1. The lowest BCUT2D eigenvalue weighted by atomic mass is 10.1. The fourth-order valence-corrected chi connectivity index (χ4v) is 2.03. The number of hydrogen-bond donors (Lipinski definition) is 1. The van der Waals surface area contributed by atoms with Crippen molar-refractivity contribution in [1.29, 1.82) is 0 Å². The molecular weight excluding hydrogens is 278 g/mol. The molecular formula is C15H10F2N2O2. The molecule has 106 valence electrons. The van der Waals surface area contributed by atoms with E-state index >= 15 is 0 Å². The predicted molar refractivity (Wildman–Crippen MR) is 73.1 cm³/mol. The van der Waals surface area contributed by atoms with Gasteiger partial charge in [-0.2, -0.15) is 0 Å². The zero-order chi connectivity index (χ0) is 15.0. The molecule has 1 N–H and O–H groups in total. The van der Waals surface area contributed by atoms with E-state index in [9.17, 15) is 13.6 Å². The van der Waals surface area contributed by atoms with E-state index in [0.717, 1.165) is 12.1 Å². The van der Waals surface area contributed by atoms with Gasteiger partial charge in [-0.15, -0.1) is 0 Å². The Labute approximate surface area is 118 Å². The highest BCUT2D eigenvalue weighted by molar-refractivity contribution is 6.05. The number of hydrogen-bond acceptors (Lipinski definition) is 3. The molecule has 0 atom stereocenters. The van der Waals surface area contributed by atoms with Gasteiger partial charge in [-0.3, -0.25) is 4.79 Å². The van der Waals surface area contributed by atoms with Gasteiger partial charge in [-0.05, 0) is 30.3 Å². The van der Waals surface area contributed by atoms with E-state index in [4.69, 9.17) is 4.42 Å². The Morgan fingerprint density at radius 2 is 1.90 bits per heavy atom. The lowest BCUT2D eigenvalue weighted by Gasteiger charge is -2.06. The maximum atomic E-state index is 13.5. The molecule has 0 aliphatic carbocycles. The third-order valence-corrected chi connectivity index (χ3v) is 2.94. The summed E-state index contributed by atoms with van der Waals surface area (Å²) in [4.78, 5) is 16.1. The van der Waals surface area contributed by atoms with Gasteiger partial charge in [0.1, 0.15) is 22.7 Å². The smallest absolute Gasteiger partial charge is 0.261 e. The van der Waals surface area contributed by atoms with Crippen molar-refractivity contribution in [2.24, 2.45) is 0 Å². The van der Waals surface area contributed by atoms with Crippen molar-refractivity contribution in [3.05, 3.63) is 59.5 Å². The highest BCUT2D eigenvalue weighted by Crippen LogP contribution is 2.21. The second kappa shape index (κ2) is 4.97. The molecule has 3 aromatic rings. The normalized spacial score (nSPS) is 10.8. The minimum atomic E-state index is -0.911. The first-order valence-electron chi connectivity index (χ1n) is 6.17. The Hall–Kier alpha value is -2.76. The van der Waals surface area contributed by atoms with Crippen LogP contribution >= 0.6 is 0 Å². The van der Waals surface area contributed by atoms with Crippen LogP contribution in [0.3, 0.4) is 0 Å². The molecule has 0 spiro atoms. The maximum absolute atomic E-state index is 13.5. The number of rotatable bonds is 2. The van der Waals surface area contributed by atoms with Gasteiger partial charge in [0.2, 0.25) is 0 Å². The summed E-state index contributed by atoms with van der Waals surface area (Å²) in [6.45, 7) is 1.70. The average Bonchev–Trinajstić information content (AvgIpc) is 2.77. The van der Waals surface area contributed by atoms with E-state index in [1.165, 1.54) is 6.07 Å². The lowest BCUT2D eigenvalue weighted by molar-refractivity contribution is 0.101. The van der Waals surface area contributed by atoms with Crippen molar-refractivity contribution in [2.45, 2.75) is 6.92 Å². The number of benzene rings is 2. The molecule has 21 heavy (non-hydrogen) atoms. The summed E-state index contributed by atoms with van der Waals surface area (Å²) in [6, 6.07) is 8.03. The number of halogens is 2. The van der Waals surface area contributed by atoms with Crippen molar-refractivity contribution < 1.29 is 18.0 Å². The summed E-state index contributed by atoms with van der Waals surface area (Å²) in [5.74, 6) is -2.18. The molecule has 0 unspecified atom stereocenters. The molecule has 1 aromatic heterocycles. The topological polar surface area (TPSA) is 55.1 Å². The minimum absolute atomic E-state index is 0.378. The number of aryl methyl sites for hydroxylation is 1. The molecule has 0 radical (unpaired) electrons. The number of nitrogens with one attached hydrogen (secondary N) is 1. The SMILES string of the molecule is Cc1nc2cc(NC(=O)c3c(F)cccc3F)ccc2o1. The molecule has 0 fully saturated rings. The van der Waals surface area contributed by atoms with Gasteiger partial charge < -0.3 is 9.73 Å². The van der Waals surface area contributed by atoms with Crippen molar-refractivity contribution in [3.63, 3.8) is 0 Å². The Balaban J connectivity index is 1.92. The molecule has 0 saturated heterocycles. The molecule has 6 heteroatoms. The number of carbonyl (C=O) groups excluding carboxylic acids is 1. The molecule has 0 aliphatic rings. The Morgan fingerprint density at radius 1 is 1.19 bits per heavy atom. The summed E-state index contributed by atoms with van der Waals surface area (Å²) >= 11 is 0. The standard InChI is InChI=1S/C15H10F2N2O2/c1-8-18-12-7-9(5-6-13(12)21-8)19-15(20)14-10(16)3-2-4-11(14)17/h2-7H,1H3,(H,19,20). The van der Waals surface area contributed by atoms with E-state index in [-0.39, 0.29) is 0 Å². The van der Waals surface area contributed by atoms with Gasteiger partial charge in [-0.1, -0.05) is 6.07 Å². The number of amides is 1. The van der Waals surface area contributed by atoms with Crippen LogP contribution in [0.2, 0.25) is 0 Å². The summed E-state index contributed by atoms with van der Waals surface area (Å²) in [5, 5.41) is 2.44. The van der Waals surface area contributed by atoms with E-state index in [1.807, 2.05) is 0 Å². The van der Waals surface area contributed by atoms with Crippen LogP contribution in [0, 0.1) is 18.6 Å². The van der Waals surface area contributed by atoms with Crippen LogP contribution in [0.25, 0.3) is 11.1 Å². The van der Waals surface area contributed by atoms with Gasteiger partial charge in [0, 0.05) is 12.6 Å². The molecule has 1 amide bonds. The van der Waals surface area contributed by atoms with E-state index < -0.39 is 23.1 Å². The maximum Gasteiger partial charge on any atom is 0.261 e. The molecule has 3 rings (SSSR count). The highest BCUT2D eigenvalue weighted by Gasteiger charge is 2.17. The summed E-state index contributed by atoms with van der Waals surface area (Å²) in [7, 11) is 0. The number of oxazole rings is 1. The quantitative estimate of drug-likeness (QED) is 0.782. The van der Waals surface area contributed by atoms with Crippen LogP contribution in [0.4, 0.5) is 14.5 Å². The first-order chi connectivity index (χ1) is 10.0. The monoisotopic (exact) mass is 288 g/mol. The van der Waals surface area contributed by atoms with E-state index in [1.54, 1.807) is 25.1 Å². The van der Waals surface area contributed by atoms with Crippen molar-refractivity contribution in [3.8, 4) is 0 Å². The molecule has 2 aromatic carbocycles. The van der Waals surface area contributed by atoms with Crippen molar-refractivity contribution in [2.75, 3.05) is 5.32 Å². The number of nitrogens with zero attached hydrogens (tertiary/aromatic N) is 1. The Kier molecular flexibility index (Phi) is 3.13. The Morgan fingerprint density at radius 3 is 2.62 bits per heavy atom. The van der Waals surface area contributed by atoms with Gasteiger partial charge in [0.05, 0.1) is 0 Å². The van der Waals surface area contributed by atoms with Gasteiger partial charge in [0.15, 0.2) is 11.5 Å². The zero-order valence-electron chi connectivity index (χ0n) is 11.0. The van der Waals surface area contributed by atoms with E-state index in [2.05, 4.69) is 10.3 Å². The Bertz CT molecular complexity index is 823. The molecule has 0 aliphatic heterocycles. The largest absolute Gasteiger partial charge is 0.441 e. The predicted octanol–water partition coefficient (Wildman–Crippen LogP) is 3.67. The average molecular weight is 288 g/mol. The first-order valence-corrected chi connectivity index (χ1v) is 6.17. The number of anilines is 1. The highest BCUT2D eigenvalue weighted by atomic mass is 19.1. The molecule has 0 bridgehead atoms. The van der Waals surface area contributed by atoms with Gasteiger partial charge in [0.25, 0.3) is 5.91 Å². The van der Waals surface area contributed by atoms with Crippen LogP contribution in [-0.2, 0) is 0 Å². The van der Waals surface area contributed by atoms with Gasteiger partial charge >= 0.3 is 0 Å². The fraction of sp³-hybridized carbons (Fsp3) is 0.0667. The molecule has 4 nitrogen and oxygen atoms in total. The molecule has 1 heterocycles. The van der Waals surface area contributed by atoms with Crippen LogP contribution < -0.4 is 5.32 Å². The van der Waals surface area contributed by atoms with Crippen LogP contribution in [0.5, 0.6) is 0 Å². The fourth-order valence-electron chi connectivity index (χ4n) is 2.03. The summed E-state index contributed by atoms with van der Waals surface area (Å²) in [5.41, 5.74) is 0.888. The third-order valence-electron chi connectivity index (χ3n) is 2.94. The number of fused-ring (bicyclic) bond motifs is 1. The first kappa shape index (κ1) is 13.2. The second-order valence-corrected chi connectivity index (χ2v) is 4.47. The number of carbonyl (C=O) groups is 1. The summed E-state index contributed by atoms with van der Waals surface area (Å²) < 4.78 is 32.4. The van der Waals surface area contributed by atoms with Crippen LogP contribution in [-0.4, -0.2) is 10.9 Å².